The van der Waals surface area contributed by atoms with Crippen molar-refractivity contribution in [3.8, 4) is 11.8 Å². The zero-order valence-corrected chi connectivity index (χ0v) is 18.6. The zero-order valence-electron chi connectivity index (χ0n) is 17.8. The number of rotatable bonds is 11. The first-order chi connectivity index (χ1) is 13.3. The normalized spacial score (nSPS) is 12.8. The average Bonchev–Trinajstić information content (AvgIpc) is 2.66. The van der Waals surface area contributed by atoms with E-state index in [0.717, 1.165) is 43.1 Å². The molecule has 2 rings (SSSR count). The second kappa shape index (κ2) is 10.6. The van der Waals surface area contributed by atoms with Gasteiger partial charge in [-0.15, -0.1) is 0 Å². The summed E-state index contributed by atoms with van der Waals surface area (Å²) in [5.41, 5.74) is 1.05. The van der Waals surface area contributed by atoms with E-state index < -0.39 is 0 Å². The molecule has 0 amide bonds. The van der Waals surface area contributed by atoms with Gasteiger partial charge < -0.3 is 14.5 Å². The van der Waals surface area contributed by atoms with Crippen LogP contribution in [-0.4, -0.2) is 22.7 Å². The van der Waals surface area contributed by atoms with Crippen molar-refractivity contribution in [2.45, 2.75) is 71.8 Å². The molecule has 0 fully saturated rings. The fourth-order valence-corrected chi connectivity index (χ4v) is 3.62. The summed E-state index contributed by atoms with van der Waals surface area (Å²) in [6.45, 7) is 11.7. The van der Waals surface area contributed by atoms with Crippen LogP contribution in [0.5, 0.6) is 11.8 Å². The second-order valence-electron chi connectivity index (χ2n) is 8.13. The number of H-pyrrole nitrogens is 1. The Morgan fingerprint density at radius 2 is 1.82 bits per heavy atom. The predicted molar refractivity (Wildman–Crippen MR) is 118 cm³/mol. The minimum atomic E-state index is -0.0284. The smallest absolute Gasteiger partial charge is 0.213 e. The third-order valence-electron chi connectivity index (χ3n) is 5.08. The van der Waals surface area contributed by atoms with Gasteiger partial charge in [-0.05, 0) is 49.8 Å². The van der Waals surface area contributed by atoms with Gasteiger partial charge in [-0.25, -0.2) is 4.98 Å². The Morgan fingerprint density at radius 1 is 1.11 bits per heavy atom. The molecule has 154 valence electrons. The van der Waals surface area contributed by atoms with Crippen molar-refractivity contribution in [1.82, 2.24) is 9.97 Å². The molecule has 2 aromatic rings. The van der Waals surface area contributed by atoms with E-state index in [0.29, 0.717) is 17.2 Å². The molecule has 0 aromatic carbocycles. The quantitative estimate of drug-likeness (QED) is 0.437. The van der Waals surface area contributed by atoms with Gasteiger partial charge >= 0.3 is 0 Å². The number of nitrogens with one attached hydrogen (secondary N) is 1. The van der Waals surface area contributed by atoms with Crippen LogP contribution < -0.4 is 9.47 Å². The Balaban J connectivity index is 1.91. The molecular weight excluding hydrogens is 368 g/mol. The minimum Gasteiger partial charge on any atom is -0.479 e. The van der Waals surface area contributed by atoms with Crippen LogP contribution >= 0.6 is 12.2 Å². The zero-order chi connectivity index (χ0) is 20.6. The van der Waals surface area contributed by atoms with Crippen LogP contribution in [0, 0.1) is 10.6 Å². The van der Waals surface area contributed by atoms with E-state index in [-0.39, 0.29) is 11.5 Å². The fourth-order valence-electron chi connectivity index (χ4n) is 3.44. The van der Waals surface area contributed by atoms with Crippen LogP contribution in [0.2, 0.25) is 0 Å². The van der Waals surface area contributed by atoms with Gasteiger partial charge in [0.15, 0.2) is 5.88 Å². The number of hydrogen-bond donors (Lipinski definition) is 1. The molecule has 0 saturated carbocycles. The maximum Gasteiger partial charge on any atom is 0.213 e. The predicted octanol–water partition coefficient (Wildman–Crippen LogP) is 6.48. The Hall–Kier alpha value is -1.88. The van der Waals surface area contributed by atoms with Crippen LogP contribution in [0.1, 0.15) is 66.0 Å². The van der Waals surface area contributed by atoms with Crippen LogP contribution in [0.4, 0.5) is 0 Å². The average molecular weight is 403 g/mol. The standard InChI is InChI=1S/C23H34N2O2S/c1-6-18(7-2)27-21-12-8-10-19(24-21)23(4,5)16-17(3)14-15-26-20-11-9-13-22(28)25-20/h8-13,17-18H,6-7,14-16H2,1-5H3,(H,25,28). The van der Waals surface area contributed by atoms with Crippen LogP contribution in [0.15, 0.2) is 36.4 Å². The van der Waals surface area contributed by atoms with Crippen molar-refractivity contribution in [2.75, 3.05) is 6.61 Å². The molecule has 0 aliphatic heterocycles. The van der Waals surface area contributed by atoms with E-state index in [2.05, 4.69) is 45.7 Å². The van der Waals surface area contributed by atoms with Gasteiger partial charge in [0.1, 0.15) is 4.64 Å². The molecule has 28 heavy (non-hydrogen) atoms. The van der Waals surface area contributed by atoms with E-state index in [4.69, 9.17) is 26.7 Å². The Kier molecular flexibility index (Phi) is 8.49. The molecule has 0 saturated heterocycles. The van der Waals surface area contributed by atoms with Gasteiger partial charge in [0.25, 0.3) is 0 Å². The lowest BCUT2D eigenvalue weighted by Crippen LogP contribution is -2.24. The Labute approximate surface area is 174 Å². The van der Waals surface area contributed by atoms with Gasteiger partial charge in [0, 0.05) is 11.5 Å². The number of aromatic nitrogens is 2. The van der Waals surface area contributed by atoms with Gasteiger partial charge in [0.2, 0.25) is 5.88 Å². The van der Waals surface area contributed by atoms with Crippen molar-refractivity contribution < 1.29 is 9.47 Å². The first-order valence-electron chi connectivity index (χ1n) is 10.3. The number of ether oxygens (including phenoxy) is 2. The summed E-state index contributed by atoms with van der Waals surface area (Å²) in [5, 5.41) is 0. The third-order valence-corrected chi connectivity index (χ3v) is 5.32. The molecule has 0 radical (unpaired) electrons. The highest BCUT2D eigenvalue weighted by atomic mass is 32.1. The molecule has 2 aromatic heterocycles. The molecule has 0 aliphatic carbocycles. The van der Waals surface area contributed by atoms with Gasteiger partial charge in [0.05, 0.1) is 18.4 Å². The van der Waals surface area contributed by atoms with Crippen LogP contribution in [0.25, 0.3) is 0 Å². The van der Waals surface area contributed by atoms with Crippen LogP contribution in [-0.2, 0) is 5.41 Å². The summed E-state index contributed by atoms with van der Waals surface area (Å²) in [6, 6.07) is 11.8. The summed E-state index contributed by atoms with van der Waals surface area (Å²) in [4.78, 5) is 7.86. The molecule has 0 bridgehead atoms. The first-order valence-corrected chi connectivity index (χ1v) is 10.7. The lowest BCUT2D eigenvalue weighted by atomic mass is 9.79. The molecule has 4 nitrogen and oxygen atoms in total. The van der Waals surface area contributed by atoms with Crippen molar-refractivity contribution in [1.29, 1.82) is 0 Å². The number of hydrogen-bond acceptors (Lipinski definition) is 4. The number of nitrogens with zero attached hydrogens (tertiary/aromatic N) is 1. The van der Waals surface area contributed by atoms with Gasteiger partial charge in [-0.1, -0.05) is 59.0 Å². The van der Waals surface area contributed by atoms with E-state index in [1.165, 1.54) is 0 Å². The summed E-state index contributed by atoms with van der Waals surface area (Å²) >= 11 is 5.13. The van der Waals surface area contributed by atoms with E-state index in [1.807, 2.05) is 30.3 Å². The SMILES string of the molecule is CCC(CC)Oc1cccc(C(C)(C)CC(C)CCOc2cccc(=S)[nH]2)n1. The molecule has 5 heteroatoms. The van der Waals surface area contributed by atoms with Crippen molar-refractivity contribution >= 4 is 12.2 Å². The van der Waals surface area contributed by atoms with Crippen molar-refractivity contribution in [2.24, 2.45) is 5.92 Å². The summed E-state index contributed by atoms with van der Waals surface area (Å²) in [6.07, 6.45) is 4.22. The molecular formula is C23H34N2O2S. The second-order valence-corrected chi connectivity index (χ2v) is 8.57. The lowest BCUT2D eigenvalue weighted by molar-refractivity contribution is 0.183. The highest BCUT2D eigenvalue weighted by Gasteiger charge is 2.25. The monoisotopic (exact) mass is 402 g/mol. The summed E-state index contributed by atoms with van der Waals surface area (Å²) < 4.78 is 12.5. The molecule has 0 aliphatic rings. The Morgan fingerprint density at radius 3 is 2.50 bits per heavy atom. The largest absolute Gasteiger partial charge is 0.479 e. The van der Waals surface area contributed by atoms with E-state index in [9.17, 15) is 0 Å². The Bertz CT molecular complexity index is 784. The van der Waals surface area contributed by atoms with E-state index in [1.54, 1.807) is 0 Å². The third kappa shape index (κ3) is 6.93. The maximum absolute atomic E-state index is 6.03. The summed E-state index contributed by atoms with van der Waals surface area (Å²) in [5.74, 6) is 1.97. The fraction of sp³-hybridized carbons (Fsp3) is 0.565. The molecule has 0 spiro atoms. The lowest BCUT2D eigenvalue weighted by Gasteiger charge is -2.28. The minimum absolute atomic E-state index is 0.0284. The van der Waals surface area contributed by atoms with Gasteiger partial charge in [-0.2, -0.15) is 0 Å². The first kappa shape index (κ1) is 22.4. The molecule has 1 N–H and O–H groups in total. The van der Waals surface area contributed by atoms with Crippen molar-refractivity contribution in [3.63, 3.8) is 0 Å². The topological polar surface area (TPSA) is 47.1 Å². The van der Waals surface area contributed by atoms with E-state index >= 15 is 0 Å². The number of pyridine rings is 2. The highest BCUT2D eigenvalue weighted by Crippen LogP contribution is 2.31. The van der Waals surface area contributed by atoms with Crippen molar-refractivity contribution in [3.05, 3.63) is 46.7 Å². The van der Waals surface area contributed by atoms with Crippen LogP contribution in [0.3, 0.4) is 0 Å². The highest BCUT2D eigenvalue weighted by molar-refractivity contribution is 7.71. The summed E-state index contributed by atoms with van der Waals surface area (Å²) in [7, 11) is 0. The van der Waals surface area contributed by atoms with Gasteiger partial charge in [-0.3, -0.25) is 0 Å². The maximum atomic E-state index is 6.03. The number of aromatic amines is 1. The molecule has 1 atom stereocenters. The molecule has 1 unspecified atom stereocenters. The molecule has 2 heterocycles.